The lowest BCUT2D eigenvalue weighted by Gasteiger charge is -2.06. The molecule has 92 valence electrons. The van der Waals surface area contributed by atoms with Gasteiger partial charge >= 0.3 is 0 Å². The van der Waals surface area contributed by atoms with Gasteiger partial charge in [0, 0.05) is 30.1 Å². The standard InChI is InChI=1S/C13H18N2O2/c1-9(2)12(16)10-3-5-11(6-4-10)13(17)15-8-7-14/h3-6,9H,7-8,14H2,1-2H3,(H,15,17). The van der Waals surface area contributed by atoms with E-state index in [4.69, 9.17) is 5.73 Å². The Balaban J connectivity index is 2.74. The quantitative estimate of drug-likeness (QED) is 0.752. The Bertz CT molecular complexity index is 396. The molecule has 4 nitrogen and oxygen atoms in total. The summed E-state index contributed by atoms with van der Waals surface area (Å²) in [6, 6.07) is 6.67. The maximum absolute atomic E-state index is 11.7. The van der Waals surface area contributed by atoms with E-state index in [-0.39, 0.29) is 17.6 Å². The molecule has 0 fully saturated rings. The molecule has 17 heavy (non-hydrogen) atoms. The molecule has 1 amide bonds. The largest absolute Gasteiger partial charge is 0.351 e. The number of carbonyl (C=O) groups excluding carboxylic acids is 2. The van der Waals surface area contributed by atoms with Gasteiger partial charge in [0.1, 0.15) is 0 Å². The molecule has 0 aliphatic rings. The molecule has 0 heterocycles. The summed E-state index contributed by atoms with van der Waals surface area (Å²) in [4.78, 5) is 23.2. The Morgan fingerprint density at radius 1 is 1.18 bits per heavy atom. The average Bonchev–Trinajstić information content (AvgIpc) is 2.35. The Morgan fingerprint density at radius 2 is 1.71 bits per heavy atom. The van der Waals surface area contributed by atoms with Crippen molar-refractivity contribution in [3.05, 3.63) is 35.4 Å². The summed E-state index contributed by atoms with van der Waals surface area (Å²) in [5, 5.41) is 2.67. The van der Waals surface area contributed by atoms with Gasteiger partial charge in [0.2, 0.25) is 0 Å². The summed E-state index contributed by atoms with van der Waals surface area (Å²) >= 11 is 0. The van der Waals surface area contributed by atoms with Crippen molar-refractivity contribution >= 4 is 11.7 Å². The number of ketones is 1. The molecule has 0 saturated heterocycles. The summed E-state index contributed by atoms with van der Waals surface area (Å²) < 4.78 is 0. The van der Waals surface area contributed by atoms with E-state index in [1.54, 1.807) is 24.3 Å². The van der Waals surface area contributed by atoms with Gasteiger partial charge in [-0.05, 0) is 12.1 Å². The Hall–Kier alpha value is -1.68. The van der Waals surface area contributed by atoms with E-state index in [0.29, 0.717) is 24.2 Å². The normalized spacial score (nSPS) is 10.4. The van der Waals surface area contributed by atoms with Gasteiger partial charge in [0.15, 0.2) is 5.78 Å². The van der Waals surface area contributed by atoms with Gasteiger partial charge in [-0.2, -0.15) is 0 Å². The van der Waals surface area contributed by atoms with Gasteiger partial charge in [-0.15, -0.1) is 0 Å². The smallest absolute Gasteiger partial charge is 0.251 e. The first-order chi connectivity index (χ1) is 8.06. The van der Waals surface area contributed by atoms with Crippen molar-refractivity contribution in [2.24, 2.45) is 11.7 Å². The van der Waals surface area contributed by atoms with Crippen molar-refractivity contribution in [1.82, 2.24) is 5.32 Å². The predicted octanol–water partition coefficient (Wildman–Crippen LogP) is 1.21. The first kappa shape index (κ1) is 13.4. The predicted molar refractivity (Wildman–Crippen MR) is 67.0 cm³/mol. The zero-order valence-electron chi connectivity index (χ0n) is 10.2. The minimum absolute atomic E-state index is 0.0353. The molecule has 1 aromatic rings. The molecule has 4 heteroatoms. The number of nitrogens with one attached hydrogen (secondary N) is 1. The lowest BCUT2D eigenvalue weighted by molar-refractivity contribution is 0.0933. The van der Waals surface area contributed by atoms with E-state index in [1.807, 2.05) is 13.8 Å². The molecular weight excluding hydrogens is 216 g/mol. The van der Waals surface area contributed by atoms with Crippen LogP contribution in [0.2, 0.25) is 0 Å². The molecule has 1 aromatic carbocycles. The molecule has 0 aliphatic heterocycles. The fraction of sp³-hybridized carbons (Fsp3) is 0.385. The topological polar surface area (TPSA) is 72.2 Å². The monoisotopic (exact) mass is 234 g/mol. The fourth-order valence-electron chi connectivity index (χ4n) is 1.41. The van der Waals surface area contributed by atoms with Crippen molar-refractivity contribution in [3.8, 4) is 0 Å². The van der Waals surface area contributed by atoms with Gasteiger partial charge in [-0.1, -0.05) is 26.0 Å². The summed E-state index contributed by atoms with van der Waals surface area (Å²) in [6.45, 7) is 4.57. The van der Waals surface area contributed by atoms with E-state index in [9.17, 15) is 9.59 Å². The summed E-state index contributed by atoms with van der Waals surface area (Å²) in [6.07, 6.45) is 0. The molecule has 0 spiro atoms. The Kier molecular flexibility index (Phi) is 4.84. The molecule has 0 aromatic heterocycles. The second-order valence-corrected chi connectivity index (χ2v) is 4.14. The van der Waals surface area contributed by atoms with Crippen molar-refractivity contribution in [2.75, 3.05) is 13.1 Å². The number of hydrogen-bond acceptors (Lipinski definition) is 3. The van der Waals surface area contributed by atoms with Gasteiger partial charge < -0.3 is 11.1 Å². The van der Waals surface area contributed by atoms with Gasteiger partial charge in [-0.3, -0.25) is 9.59 Å². The van der Waals surface area contributed by atoms with Crippen LogP contribution in [0.1, 0.15) is 34.6 Å². The molecular formula is C13H18N2O2. The van der Waals surface area contributed by atoms with E-state index in [0.717, 1.165) is 0 Å². The van der Waals surface area contributed by atoms with Crippen LogP contribution in [0.4, 0.5) is 0 Å². The van der Waals surface area contributed by atoms with Crippen LogP contribution in [0.15, 0.2) is 24.3 Å². The highest BCUT2D eigenvalue weighted by molar-refractivity contribution is 5.99. The third kappa shape index (κ3) is 3.67. The SMILES string of the molecule is CC(C)C(=O)c1ccc(C(=O)NCCN)cc1. The third-order valence-corrected chi connectivity index (χ3v) is 2.39. The second kappa shape index (κ2) is 6.15. The van der Waals surface area contributed by atoms with E-state index in [2.05, 4.69) is 5.32 Å². The van der Waals surface area contributed by atoms with Crippen LogP contribution >= 0.6 is 0 Å². The number of nitrogens with two attached hydrogens (primary N) is 1. The molecule has 0 radical (unpaired) electrons. The van der Waals surface area contributed by atoms with Crippen LogP contribution < -0.4 is 11.1 Å². The van der Waals surface area contributed by atoms with Crippen LogP contribution in [-0.4, -0.2) is 24.8 Å². The third-order valence-electron chi connectivity index (χ3n) is 2.39. The van der Waals surface area contributed by atoms with Crippen LogP contribution in [0, 0.1) is 5.92 Å². The first-order valence-corrected chi connectivity index (χ1v) is 5.68. The van der Waals surface area contributed by atoms with Crippen molar-refractivity contribution in [3.63, 3.8) is 0 Å². The van der Waals surface area contributed by atoms with Crippen molar-refractivity contribution in [1.29, 1.82) is 0 Å². The lowest BCUT2D eigenvalue weighted by Crippen LogP contribution is -2.28. The number of hydrogen-bond donors (Lipinski definition) is 2. The number of carbonyl (C=O) groups is 2. The molecule has 1 rings (SSSR count). The zero-order chi connectivity index (χ0) is 12.8. The Labute approximate surface area is 101 Å². The van der Waals surface area contributed by atoms with Gasteiger partial charge in [-0.25, -0.2) is 0 Å². The Morgan fingerprint density at radius 3 is 2.18 bits per heavy atom. The second-order valence-electron chi connectivity index (χ2n) is 4.14. The van der Waals surface area contributed by atoms with Crippen LogP contribution in [0.3, 0.4) is 0 Å². The molecule has 0 bridgehead atoms. The zero-order valence-corrected chi connectivity index (χ0v) is 10.2. The molecule has 0 atom stereocenters. The number of Topliss-reactive ketones (excluding diaryl/α,β-unsaturated/α-hetero) is 1. The maximum Gasteiger partial charge on any atom is 0.251 e. The maximum atomic E-state index is 11.7. The van der Waals surface area contributed by atoms with Crippen molar-refractivity contribution < 1.29 is 9.59 Å². The average molecular weight is 234 g/mol. The molecule has 0 unspecified atom stereocenters. The number of benzene rings is 1. The highest BCUT2D eigenvalue weighted by Crippen LogP contribution is 2.10. The summed E-state index contributed by atoms with van der Waals surface area (Å²) in [5.74, 6) is -0.121. The van der Waals surface area contributed by atoms with Crippen LogP contribution in [0.25, 0.3) is 0 Å². The van der Waals surface area contributed by atoms with Gasteiger partial charge in [0.05, 0.1) is 0 Å². The summed E-state index contributed by atoms with van der Waals surface area (Å²) in [5.41, 5.74) is 6.47. The minimum atomic E-state index is -0.168. The number of rotatable bonds is 5. The minimum Gasteiger partial charge on any atom is -0.351 e. The van der Waals surface area contributed by atoms with Gasteiger partial charge in [0.25, 0.3) is 5.91 Å². The van der Waals surface area contributed by atoms with E-state index >= 15 is 0 Å². The summed E-state index contributed by atoms with van der Waals surface area (Å²) in [7, 11) is 0. The first-order valence-electron chi connectivity index (χ1n) is 5.68. The lowest BCUT2D eigenvalue weighted by atomic mass is 10.00. The van der Waals surface area contributed by atoms with E-state index in [1.165, 1.54) is 0 Å². The van der Waals surface area contributed by atoms with Crippen LogP contribution in [0.5, 0.6) is 0 Å². The highest BCUT2D eigenvalue weighted by Gasteiger charge is 2.11. The van der Waals surface area contributed by atoms with Crippen molar-refractivity contribution in [2.45, 2.75) is 13.8 Å². The molecule has 0 aliphatic carbocycles. The molecule has 0 saturated carbocycles. The fourth-order valence-corrected chi connectivity index (χ4v) is 1.41. The van der Waals surface area contributed by atoms with E-state index < -0.39 is 0 Å². The molecule has 3 N–H and O–H groups in total. The number of amides is 1. The highest BCUT2D eigenvalue weighted by atomic mass is 16.1. The van der Waals surface area contributed by atoms with Crippen LogP contribution in [-0.2, 0) is 0 Å².